The largest absolute Gasteiger partial charge is 0.375 e. The van der Waals surface area contributed by atoms with Crippen LogP contribution >= 0.6 is 0 Å². The van der Waals surface area contributed by atoms with Crippen molar-refractivity contribution in [2.45, 2.75) is 57.2 Å². The predicted molar refractivity (Wildman–Crippen MR) is 113 cm³/mol. The standard InChI is InChI=1S/C24H32N2O/c1-24(2)18-22(13-16-27-24)25-21-11-14-26(15-12-21)23-10-6-9-20(17-23)19-7-4-3-5-8-19/h3-10,17,21-22,25H,11-16,18H2,1-2H3/t22-/m1/s1. The molecule has 1 atom stereocenters. The summed E-state index contributed by atoms with van der Waals surface area (Å²) in [5, 5.41) is 3.92. The van der Waals surface area contributed by atoms with Gasteiger partial charge in [-0.1, -0.05) is 42.5 Å². The average Bonchev–Trinajstić information content (AvgIpc) is 2.69. The Bertz CT molecular complexity index is 735. The molecule has 0 unspecified atom stereocenters. The monoisotopic (exact) mass is 364 g/mol. The lowest BCUT2D eigenvalue weighted by molar-refractivity contribution is -0.0644. The van der Waals surface area contributed by atoms with Crippen molar-refractivity contribution in [2.75, 3.05) is 24.6 Å². The molecule has 0 aromatic heterocycles. The van der Waals surface area contributed by atoms with E-state index in [9.17, 15) is 0 Å². The summed E-state index contributed by atoms with van der Waals surface area (Å²) in [4.78, 5) is 2.54. The highest BCUT2D eigenvalue weighted by atomic mass is 16.5. The summed E-state index contributed by atoms with van der Waals surface area (Å²) in [7, 11) is 0. The first-order valence-electron chi connectivity index (χ1n) is 10.4. The molecule has 2 aliphatic rings. The van der Waals surface area contributed by atoms with Crippen LogP contribution in [0.1, 0.15) is 39.5 Å². The van der Waals surface area contributed by atoms with E-state index in [1.54, 1.807) is 0 Å². The van der Waals surface area contributed by atoms with Crippen LogP contribution in [0.5, 0.6) is 0 Å². The number of rotatable bonds is 4. The zero-order chi connectivity index (χ0) is 18.7. The lowest BCUT2D eigenvalue weighted by Crippen LogP contribution is -2.50. The van der Waals surface area contributed by atoms with E-state index in [-0.39, 0.29) is 5.60 Å². The van der Waals surface area contributed by atoms with E-state index < -0.39 is 0 Å². The first-order valence-corrected chi connectivity index (χ1v) is 10.4. The van der Waals surface area contributed by atoms with E-state index in [2.05, 4.69) is 78.7 Å². The summed E-state index contributed by atoms with van der Waals surface area (Å²) in [6.45, 7) is 7.56. The van der Waals surface area contributed by atoms with Crippen LogP contribution in [0.15, 0.2) is 54.6 Å². The summed E-state index contributed by atoms with van der Waals surface area (Å²) in [5.41, 5.74) is 3.96. The molecule has 2 fully saturated rings. The van der Waals surface area contributed by atoms with Crippen molar-refractivity contribution < 1.29 is 4.74 Å². The minimum Gasteiger partial charge on any atom is -0.375 e. The van der Waals surface area contributed by atoms with Crippen LogP contribution in [0, 0.1) is 0 Å². The molecule has 2 saturated heterocycles. The molecule has 27 heavy (non-hydrogen) atoms. The highest BCUT2D eigenvalue weighted by Gasteiger charge is 2.30. The lowest BCUT2D eigenvalue weighted by Gasteiger charge is -2.40. The maximum atomic E-state index is 5.86. The molecule has 2 heterocycles. The number of nitrogens with one attached hydrogen (secondary N) is 1. The lowest BCUT2D eigenvalue weighted by atomic mass is 9.92. The predicted octanol–water partition coefficient (Wildman–Crippen LogP) is 4.87. The molecule has 0 radical (unpaired) electrons. The fourth-order valence-corrected chi connectivity index (χ4v) is 4.52. The third kappa shape index (κ3) is 4.72. The van der Waals surface area contributed by atoms with Gasteiger partial charge >= 0.3 is 0 Å². The van der Waals surface area contributed by atoms with E-state index in [0.29, 0.717) is 12.1 Å². The summed E-state index contributed by atoms with van der Waals surface area (Å²) in [6.07, 6.45) is 4.69. The third-order valence-corrected chi connectivity index (χ3v) is 5.98. The molecular formula is C24H32N2O. The Morgan fingerprint density at radius 1 is 0.889 bits per heavy atom. The van der Waals surface area contributed by atoms with Crippen molar-refractivity contribution in [3.05, 3.63) is 54.6 Å². The maximum Gasteiger partial charge on any atom is 0.0641 e. The molecule has 0 aliphatic carbocycles. The van der Waals surface area contributed by atoms with Crippen molar-refractivity contribution in [2.24, 2.45) is 0 Å². The fourth-order valence-electron chi connectivity index (χ4n) is 4.52. The Hall–Kier alpha value is -1.84. The van der Waals surface area contributed by atoms with Crippen molar-refractivity contribution in [1.82, 2.24) is 5.32 Å². The Kier molecular flexibility index (Phi) is 5.51. The van der Waals surface area contributed by atoms with Gasteiger partial charge in [0.2, 0.25) is 0 Å². The van der Waals surface area contributed by atoms with Crippen molar-refractivity contribution in [3.63, 3.8) is 0 Å². The molecule has 3 nitrogen and oxygen atoms in total. The van der Waals surface area contributed by atoms with Gasteiger partial charge in [0.1, 0.15) is 0 Å². The van der Waals surface area contributed by atoms with Gasteiger partial charge in [0.15, 0.2) is 0 Å². The second-order valence-corrected chi connectivity index (χ2v) is 8.64. The van der Waals surface area contributed by atoms with E-state index in [0.717, 1.165) is 32.5 Å². The highest BCUT2D eigenvalue weighted by molar-refractivity contribution is 5.68. The molecule has 144 valence electrons. The summed E-state index contributed by atoms with van der Waals surface area (Å²) >= 11 is 0. The zero-order valence-electron chi connectivity index (χ0n) is 16.7. The number of hydrogen-bond donors (Lipinski definition) is 1. The quantitative estimate of drug-likeness (QED) is 0.838. The smallest absolute Gasteiger partial charge is 0.0641 e. The van der Waals surface area contributed by atoms with Crippen molar-refractivity contribution in [1.29, 1.82) is 0 Å². The van der Waals surface area contributed by atoms with Crippen LogP contribution in [-0.4, -0.2) is 37.4 Å². The molecule has 0 saturated carbocycles. The molecule has 2 aromatic rings. The van der Waals surface area contributed by atoms with E-state index in [1.807, 2.05) is 0 Å². The van der Waals surface area contributed by atoms with Crippen LogP contribution in [-0.2, 0) is 4.74 Å². The van der Waals surface area contributed by atoms with Crippen LogP contribution in [0.3, 0.4) is 0 Å². The summed E-state index contributed by atoms with van der Waals surface area (Å²) < 4.78 is 5.86. The second-order valence-electron chi connectivity index (χ2n) is 8.64. The van der Waals surface area contributed by atoms with Gasteiger partial charge in [-0.3, -0.25) is 0 Å². The number of hydrogen-bond acceptors (Lipinski definition) is 3. The van der Waals surface area contributed by atoms with Gasteiger partial charge in [-0.2, -0.15) is 0 Å². The maximum absolute atomic E-state index is 5.86. The number of ether oxygens (including phenoxy) is 1. The van der Waals surface area contributed by atoms with Crippen LogP contribution in [0.2, 0.25) is 0 Å². The van der Waals surface area contributed by atoms with Gasteiger partial charge in [0.25, 0.3) is 0 Å². The first kappa shape index (κ1) is 18.5. The van der Waals surface area contributed by atoms with Gasteiger partial charge in [-0.25, -0.2) is 0 Å². The van der Waals surface area contributed by atoms with Crippen LogP contribution in [0.25, 0.3) is 11.1 Å². The molecule has 0 spiro atoms. The number of piperidine rings is 1. The molecule has 1 N–H and O–H groups in total. The van der Waals surface area contributed by atoms with Gasteiger partial charge in [-0.05, 0) is 62.8 Å². The van der Waals surface area contributed by atoms with Crippen LogP contribution < -0.4 is 10.2 Å². The second kappa shape index (κ2) is 8.04. The molecule has 2 aliphatic heterocycles. The van der Waals surface area contributed by atoms with E-state index in [1.165, 1.54) is 29.7 Å². The normalized spacial score (nSPS) is 23.3. The minimum absolute atomic E-state index is 0.0223. The fraction of sp³-hybridized carbons (Fsp3) is 0.500. The van der Waals surface area contributed by atoms with Crippen molar-refractivity contribution in [3.8, 4) is 11.1 Å². The van der Waals surface area contributed by atoms with Gasteiger partial charge in [-0.15, -0.1) is 0 Å². The third-order valence-electron chi connectivity index (χ3n) is 5.98. The average molecular weight is 365 g/mol. The molecule has 2 aromatic carbocycles. The SMILES string of the molecule is CC1(C)C[C@H](NC2CCN(c3cccc(-c4ccccc4)c3)CC2)CCO1. The van der Waals surface area contributed by atoms with Gasteiger partial charge < -0.3 is 15.0 Å². The highest BCUT2D eigenvalue weighted by Crippen LogP contribution is 2.28. The molecule has 3 heteroatoms. The number of nitrogens with zero attached hydrogens (tertiary/aromatic N) is 1. The Labute approximate surface area is 163 Å². The Morgan fingerprint density at radius 2 is 1.63 bits per heavy atom. The summed E-state index contributed by atoms with van der Waals surface area (Å²) in [5.74, 6) is 0. The minimum atomic E-state index is 0.0223. The molecule has 0 amide bonds. The van der Waals surface area contributed by atoms with Gasteiger partial charge in [0.05, 0.1) is 5.60 Å². The number of benzene rings is 2. The molecular weight excluding hydrogens is 332 g/mol. The van der Waals surface area contributed by atoms with E-state index in [4.69, 9.17) is 4.74 Å². The van der Waals surface area contributed by atoms with Crippen molar-refractivity contribution >= 4 is 5.69 Å². The van der Waals surface area contributed by atoms with Gasteiger partial charge in [0, 0.05) is 37.5 Å². The summed E-state index contributed by atoms with van der Waals surface area (Å²) in [6, 6.07) is 20.9. The Balaban J connectivity index is 1.34. The Morgan fingerprint density at radius 3 is 2.37 bits per heavy atom. The zero-order valence-corrected chi connectivity index (χ0v) is 16.7. The number of anilines is 1. The molecule has 0 bridgehead atoms. The molecule has 4 rings (SSSR count). The van der Waals surface area contributed by atoms with E-state index >= 15 is 0 Å². The first-order chi connectivity index (χ1) is 13.1. The topological polar surface area (TPSA) is 24.5 Å². The van der Waals surface area contributed by atoms with Crippen LogP contribution in [0.4, 0.5) is 5.69 Å².